The predicted octanol–water partition coefficient (Wildman–Crippen LogP) is 3.63. The predicted molar refractivity (Wildman–Crippen MR) is 61.2 cm³/mol. The molecule has 1 aromatic rings. The van der Waals surface area contributed by atoms with Crippen LogP contribution in [0.15, 0.2) is 12.1 Å². The molecule has 2 rings (SSSR count). The topological polar surface area (TPSA) is 9.23 Å². The average molecular weight is 231 g/mol. The van der Waals surface area contributed by atoms with Crippen LogP contribution in [0, 0.1) is 5.92 Å². The summed E-state index contributed by atoms with van der Waals surface area (Å²) in [5, 5.41) is 0.155. The Morgan fingerprint density at radius 3 is 3.07 bits per heavy atom. The summed E-state index contributed by atoms with van der Waals surface area (Å²) in [5.41, 5.74) is 0. The number of thiophene rings is 1. The molecule has 2 atom stereocenters. The molecule has 0 aliphatic carbocycles. The van der Waals surface area contributed by atoms with E-state index in [0.29, 0.717) is 5.92 Å². The Labute approximate surface area is 94.0 Å². The van der Waals surface area contributed by atoms with Gasteiger partial charge in [0.15, 0.2) is 0 Å². The second-order valence-corrected chi connectivity index (χ2v) is 5.35. The third-order valence-electron chi connectivity index (χ3n) is 2.68. The summed E-state index contributed by atoms with van der Waals surface area (Å²) in [5.74, 6) is 0.514. The van der Waals surface area contributed by atoms with Crippen LogP contribution in [0.25, 0.3) is 0 Å². The summed E-state index contributed by atoms with van der Waals surface area (Å²) in [6.45, 7) is 3.88. The fourth-order valence-electron chi connectivity index (χ4n) is 1.75. The fraction of sp³-hybridized carbons (Fsp3) is 0.636. The lowest BCUT2D eigenvalue weighted by Crippen LogP contribution is -2.05. The zero-order valence-electron chi connectivity index (χ0n) is 8.33. The van der Waals surface area contributed by atoms with Gasteiger partial charge in [0, 0.05) is 22.3 Å². The molecule has 0 spiro atoms. The minimum atomic E-state index is 0.155. The molecular formula is C11H15ClOS. The van der Waals surface area contributed by atoms with Crippen LogP contribution in [0.3, 0.4) is 0 Å². The number of hydrogen-bond donors (Lipinski definition) is 0. The largest absolute Gasteiger partial charge is 0.381 e. The van der Waals surface area contributed by atoms with Gasteiger partial charge >= 0.3 is 0 Å². The number of hydrogen-bond acceptors (Lipinski definition) is 2. The highest BCUT2D eigenvalue weighted by atomic mass is 35.5. The molecule has 3 heteroatoms. The minimum absolute atomic E-state index is 0.155. The van der Waals surface area contributed by atoms with Gasteiger partial charge in [-0.15, -0.1) is 22.9 Å². The number of rotatable bonds is 3. The summed E-state index contributed by atoms with van der Waals surface area (Å²) in [6.07, 6.45) is 2.21. The van der Waals surface area contributed by atoms with Gasteiger partial charge in [-0.2, -0.15) is 0 Å². The smallest absolute Gasteiger partial charge is 0.0729 e. The van der Waals surface area contributed by atoms with Gasteiger partial charge in [-0.1, -0.05) is 6.92 Å². The second-order valence-electron chi connectivity index (χ2n) is 3.68. The number of ether oxygens (including phenoxy) is 1. The molecule has 78 valence electrons. The highest BCUT2D eigenvalue weighted by molar-refractivity contribution is 7.12. The van der Waals surface area contributed by atoms with E-state index in [1.807, 2.05) is 11.3 Å². The van der Waals surface area contributed by atoms with Crippen LogP contribution in [-0.4, -0.2) is 13.2 Å². The molecule has 0 bridgehead atoms. The summed E-state index contributed by atoms with van der Waals surface area (Å²) in [6, 6.07) is 4.35. The van der Waals surface area contributed by atoms with Crippen LogP contribution in [0.4, 0.5) is 0 Å². The molecule has 1 aromatic heterocycles. The molecule has 0 N–H and O–H groups in total. The van der Waals surface area contributed by atoms with Gasteiger partial charge in [-0.05, 0) is 25.0 Å². The van der Waals surface area contributed by atoms with E-state index in [-0.39, 0.29) is 5.38 Å². The lowest BCUT2D eigenvalue weighted by atomic mass is 10.0. The van der Waals surface area contributed by atoms with Crippen LogP contribution >= 0.6 is 22.9 Å². The van der Waals surface area contributed by atoms with Gasteiger partial charge in [0.05, 0.1) is 12.0 Å². The van der Waals surface area contributed by atoms with E-state index < -0.39 is 0 Å². The molecule has 1 fully saturated rings. The van der Waals surface area contributed by atoms with Gasteiger partial charge < -0.3 is 4.74 Å². The van der Waals surface area contributed by atoms with Crippen molar-refractivity contribution < 1.29 is 4.74 Å². The number of alkyl halides is 1. The van der Waals surface area contributed by atoms with Crippen molar-refractivity contribution in [3.05, 3.63) is 21.9 Å². The number of halogens is 1. The average Bonchev–Trinajstić information content (AvgIpc) is 2.88. The quantitative estimate of drug-likeness (QED) is 0.721. The van der Waals surface area contributed by atoms with E-state index >= 15 is 0 Å². The van der Waals surface area contributed by atoms with E-state index in [0.717, 1.165) is 26.1 Å². The molecular weight excluding hydrogens is 216 g/mol. The van der Waals surface area contributed by atoms with Crippen molar-refractivity contribution in [2.75, 3.05) is 13.2 Å². The Morgan fingerprint density at radius 2 is 2.50 bits per heavy atom. The summed E-state index contributed by atoms with van der Waals surface area (Å²) in [4.78, 5) is 2.73. The Hall–Kier alpha value is -0.0500. The number of aryl methyl sites for hydroxylation is 1. The van der Waals surface area contributed by atoms with Crippen molar-refractivity contribution in [3.63, 3.8) is 0 Å². The fourth-order valence-corrected chi connectivity index (χ4v) is 3.18. The molecule has 1 aliphatic rings. The van der Waals surface area contributed by atoms with E-state index in [2.05, 4.69) is 19.1 Å². The van der Waals surface area contributed by atoms with E-state index in [1.165, 1.54) is 9.75 Å². The van der Waals surface area contributed by atoms with E-state index in [9.17, 15) is 0 Å². The first-order valence-electron chi connectivity index (χ1n) is 5.11. The van der Waals surface area contributed by atoms with Crippen molar-refractivity contribution in [1.82, 2.24) is 0 Å². The monoisotopic (exact) mass is 230 g/mol. The van der Waals surface area contributed by atoms with Gasteiger partial charge in [-0.3, -0.25) is 0 Å². The summed E-state index contributed by atoms with van der Waals surface area (Å²) >= 11 is 8.25. The van der Waals surface area contributed by atoms with Crippen molar-refractivity contribution in [1.29, 1.82) is 0 Å². The Morgan fingerprint density at radius 1 is 1.64 bits per heavy atom. The van der Waals surface area contributed by atoms with E-state index in [1.54, 1.807) is 0 Å². The van der Waals surface area contributed by atoms with Gasteiger partial charge in [-0.25, -0.2) is 0 Å². The zero-order chi connectivity index (χ0) is 9.97. The molecule has 1 aliphatic heterocycles. The maximum atomic E-state index is 6.41. The highest BCUT2D eigenvalue weighted by Gasteiger charge is 2.26. The van der Waals surface area contributed by atoms with Crippen LogP contribution in [0.2, 0.25) is 0 Å². The normalized spacial score (nSPS) is 24.0. The maximum absolute atomic E-state index is 6.41. The first-order valence-corrected chi connectivity index (χ1v) is 6.37. The first kappa shape index (κ1) is 10.5. The first-order chi connectivity index (χ1) is 6.81. The van der Waals surface area contributed by atoms with Crippen LogP contribution in [0.1, 0.15) is 28.5 Å². The minimum Gasteiger partial charge on any atom is -0.381 e. The van der Waals surface area contributed by atoms with Crippen molar-refractivity contribution in [2.24, 2.45) is 5.92 Å². The molecule has 2 unspecified atom stereocenters. The van der Waals surface area contributed by atoms with Gasteiger partial charge in [0.25, 0.3) is 0 Å². The second kappa shape index (κ2) is 4.65. The maximum Gasteiger partial charge on any atom is 0.0729 e. The third kappa shape index (κ3) is 2.13. The lowest BCUT2D eigenvalue weighted by Gasteiger charge is -2.13. The van der Waals surface area contributed by atoms with Gasteiger partial charge in [0.2, 0.25) is 0 Å². The molecule has 2 heterocycles. The molecule has 0 radical (unpaired) electrons. The van der Waals surface area contributed by atoms with Gasteiger partial charge in [0.1, 0.15) is 0 Å². The van der Waals surface area contributed by atoms with Crippen molar-refractivity contribution >= 4 is 22.9 Å². The Balaban J connectivity index is 2.05. The molecule has 0 amide bonds. The molecule has 0 saturated carbocycles. The molecule has 0 aromatic carbocycles. The van der Waals surface area contributed by atoms with Crippen LogP contribution in [-0.2, 0) is 11.2 Å². The third-order valence-corrected chi connectivity index (χ3v) is 4.71. The van der Waals surface area contributed by atoms with Crippen molar-refractivity contribution in [3.8, 4) is 0 Å². The van der Waals surface area contributed by atoms with E-state index in [4.69, 9.17) is 16.3 Å². The highest BCUT2D eigenvalue weighted by Crippen LogP contribution is 2.37. The molecule has 1 saturated heterocycles. The Bertz CT molecular complexity index is 291. The van der Waals surface area contributed by atoms with Crippen LogP contribution < -0.4 is 0 Å². The standard InChI is InChI=1S/C11H15ClOS/c1-2-9-3-4-10(14-9)11(12)8-5-6-13-7-8/h3-4,8,11H,2,5-7H2,1H3. The lowest BCUT2D eigenvalue weighted by molar-refractivity contribution is 0.185. The Kier molecular flexibility index (Phi) is 3.47. The SMILES string of the molecule is CCc1ccc(C(Cl)C2CCOC2)s1. The summed E-state index contributed by atoms with van der Waals surface area (Å²) < 4.78 is 5.35. The van der Waals surface area contributed by atoms with Crippen molar-refractivity contribution in [2.45, 2.75) is 25.1 Å². The zero-order valence-corrected chi connectivity index (χ0v) is 9.90. The van der Waals surface area contributed by atoms with Crippen LogP contribution in [0.5, 0.6) is 0 Å². The molecule has 14 heavy (non-hydrogen) atoms. The summed E-state index contributed by atoms with van der Waals surface area (Å²) in [7, 11) is 0. The molecule has 1 nitrogen and oxygen atoms in total.